The number of H-pyrrole nitrogens is 1. The van der Waals surface area contributed by atoms with E-state index in [4.69, 9.17) is 9.47 Å². The molecule has 2 aromatic carbocycles. The predicted octanol–water partition coefficient (Wildman–Crippen LogP) is 3.63. The fourth-order valence-corrected chi connectivity index (χ4v) is 4.61. The number of nitrogens with one attached hydrogen (secondary N) is 1. The summed E-state index contributed by atoms with van der Waals surface area (Å²) in [6.45, 7) is 5.09. The number of aromatic amines is 1. The summed E-state index contributed by atoms with van der Waals surface area (Å²) in [6.07, 6.45) is 4.46. The van der Waals surface area contributed by atoms with Gasteiger partial charge in [0.15, 0.2) is 6.29 Å². The number of ether oxygens (including phenoxy) is 2. The second-order valence-electron chi connectivity index (χ2n) is 9.45. The number of anilines is 1. The number of aliphatic imine (C=N–C) groups is 1. The summed E-state index contributed by atoms with van der Waals surface area (Å²) in [5.41, 5.74) is 2.73. The van der Waals surface area contributed by atoms with E-state index in [1.165, 1.54) is 5.69 Å². The van der Waals surface area contributed by atoms with Crippen molar-refractivity contribution < 1.29 is 14.6 Å². The minimum Gasteiger partial charge on any atom is -0.494 e. The third-order valence-electron chi connectivity index (χ3n) is 6.81. The van der Waals surface area contributed by atoms with Gasteiger partial charge in [0.25, 0.3) is 5.56 Å². The normalized spacial score (nSPS) is 18.7. The first-order valence-electron chi connectivity index (χ1n) is 12.8. The van der Waals surface area contributed by atoms with Crippen molar-refractivity contribution in [3.05, 3.63) is 63.9 Å². The summed E-state index contributed by atoms with van der Waals surface area (Å²) in [4.78, 5) is 24.2. The Morgan fingerprint density at radius 2 is 1.95 bits per heavy atom. The first-order chi connectivity index (χ1) is 18.1. The fourth-order valence-electron chi connectivity index (χ4n) is 4.61. The topological polar surface area (TPSA) is 90.4 Å². The van der Waals surface area contributed by atoms with E-state index in [2.05, 4.69) is 50.8 Å². The highest BCUT2D eigenvalue weighted by Gasteiger charge is 2.15. The van der Waals surface area contributed by atoms with E-state index in [-0.39, 0.29) is 24.3 Å². The van der Waals surface area contributed by atoms with E-state index in [1.54, 1.807) is 24.4 Å². The molecule has 0 radical (unpaired) electrons. The lowest BCUT2D eigenvalue weighted by atomic mass is 10.0. The predicted molar refractivity (Wildman–Crippen MR) is 146 cm³/mol. The highest BCUT2D eigenvalue weighted by Crippen LogP contribution is 2.25. The quantitative estimate of drug-likeness (QED) is 0.411. The highest BCUT2D eigenvalue weighted by atomic mass is 16.7. The van der Waals surface area contributed by atoms with Crippen LogP contribution in [0.3, 0.4) is 0 Å². The lowest BCUT2D eigenvalue weighted by Crippen LogP contribution is -2.44. The van der Waals surface area contributed by atoms with Gasteiger partial charge < -0.3 is 24.4 Å². The van der Waals surface area contributed by atoms with Crippen LogP contribution in [0, 0.1) is 11.8 Å². The molecule has 1 aromatic heterocycles. The Kier molecular flexibility index (Phi) is 7.85. The van der Waals surface area contributed by atoms with Crippen molar-refractivity contribution in [2.45, 2.75) is 25.6 Å². The standard InChI is InChI=1S/C29H32N4O4/c1-32-13-15-33(16-14-32)23-10-8-22(9-11-23)30-20-26-25-19-21(7-12-24(25)28(34)31-29(26)35)5-4-18-37-27-6-2-3-17-36-27/h7-12,19-20,27H,2-3,6,13-18H2,1H3,(H2,31,34,35). The lowest BCUT2D eigenvalue weighted by Gasteiger charge is -2.34. The average molecular weight is 501 g/mol. The number of nitrogens with zero attached hydrogens (tertiary/aromatic N) is 3. The second-order valence-corrected chi connectivity index (χ2v) is 9.45. The Bertz CT molecular complexity index is 1370. The molecule has 0 aliphatic carbocycles. The monoisotopic (exact) mass is 500 g/mol. The number of fused-ring (bicyclic) bond motifs is 1. The van der Waals surface area contributed by atoms with Crippen LogP contribution in [0.5, 0.6) is 5.88 Å². The van der Waals surface area contributed by atoms with Gasteiger partial charge in [-0.05, 0) is 68.8 Å². The number of benzene rings is 2. The number of hydrogen-bond donors (Lipinski definition) is 2. The maximum absolute atomic E-state index is 12.4. The van der Waals surface area contributed by atoms with Gasteiger partial charge in [-0.25, -0.2) is 0 Å². The lowest BCUT2D eigenvalue weighted by molar-refractivity contribution is -0.154. The Hall–Kier alpha value is -3.64. The van der Waals surface area contributed by atoms with Gasteiger partial charge in [-0.3, -0.25) is 14.8 Å². The molecule has 8 heteroatoms. The van der Waals surface area contributed by atoms with Gasteiger partial charge in [0, 0.05) is 61.0 Å². The summed E-state index contributed by atoms with van der Waals surface area (Å²) in [6, 6.07) is 13.4. The average Bonchev–Trinajstić information content (AvgIpc) is 2.92. The zero-order chi connectivity index (χ0) is 25.6. The highest BCUT2D eigenvalue weighted by molar-refractivity contribution is 6.02. The zero-order valence-electron chi connectivity index (χ0n) is 21.1. The Labute approximate surface area is 216 Å². The molecule has 0 amide bonds. The van der Waals surface area contributed by atoms with Gasteiger partial charge in [-0.2, -0.15) is 0 Å². The number of aromatic hydroxyl groups is 1. The van der Waals surface area contributed by atoms with Crippen LogP contribution in [0.4, 0.5) is 11.4 Å². The summed E-state index contributed by atoms with van der Waals surface area (Å²) in [7, 11) is 2.14. The molecule has 2 N–H and O–H groups in total. The molecule has 3 aromatic rings. The van der Waals surface area contributed by atoms with Crippen LogP contribution in [0.25, 0.3) is 10.8 Å². The zero-order valence-corrected chi connectivity index (χ0v) is 21.1. The van der Waals surface area contributed by atoms with E-state index < -0.39 is 0 Å². The largest absolute Gasteiger partial charge is 0.494 e. The Balaban J connectivity index is 1.33. The fraction of sp³-hybridized carbons (Fsp3) is 0.379. The number of rotatable bonds is 5. The van der Waals surface area contributed by atoms with Crippen molar-refractivity contribution in [3.63, 3.8) is 0 Å². The van der Waals surface area contributed by atoms with Crippen molar-refractivity contribution in [2.75, 3.05) is 51.3 Å². The van der Waals surface area contributed by atoms with Gasteiger partial charge in [0.2, 0.25) is 5.88 Å². The first-order valence-corrected chi connectivity index (χ1v) is 12.8. The molecular weight excluding hydrogens is 468 g/mol. The molecule has 1 atom stereocenters. The van der Waals surface area contributed by atoms with Crippen molar-refractivity contribution >= 4 is 28.4 Å². The van der Waals surface area contributed by atoms with Crippen molar-refractivity contribution in [3.8, 4) is 17.7 Å². The molecule has 0 saturated carbocycles. The summed E-state index contributed by atoms with van der Waals surface area (Å²) in [5, 5.41) is 11.6. The number of hydrogen-bond acceptors (Lipinski definition) is 7. The van der Waals surface area contributed by atoms with Gasteiger partial charge >= 0.3 is 0 Å². The molecule has 0 bridgehead atoms. The van der Waals surface area contributed by atoms with Crippen LogP contribution in [0.2, 0.25) is 0 Å². The van der Waals surface area contributed by atoms with Crippen LogP contribution < -0.4 is 10.5 Å². The molecule has 2 aliphatic heterocycles. The van der Waals surface area contributed by atoms with E-state index in [0.29, 0.717) is 16.3 Å². The summed E-state index contributed by atoms with van der Waals surface area (Å²) >= 11 is 0. The van der Waals surface area contributed by atoms with Gasteiger partial charge in [0.1, 0.15) is 6.61 Å². The molecule has 3 heterocycles. The van der Waals surface area contributed by atoms with Gasteiger partial charge in [0.05, 0.1) is 11.3 Å². The molecule has 8 nitrogen and oxygen atoms in total. The van der Waals surface area contributed by atoms with Crippen LogP contribution in [0.15, 0.2) is 52.3 Å². The number of pyridine rings is 1. The number of likely N-dealkylation sites (N-methyl/N-ethyl adjacent to an activating group) is 1. The summed E-state index contributed by atoms with van der Waals surface area (Å²) < 4.78 is 11.2. The van der Waals surface area contributed by atoms with E-state index in [9.17, 15) is 9.90 Å². The Morgan fingerprint density at radius 3 is 2.70 bits per heavy atom. The van der Waals surface area contributed by atoms with Crippen LogP contribution >= 0.6 is 0 Å². The van der Waals surface area contributed by atoms with Crippen LogP contribution in [0.1, 0.15) is 30.4 Å². The molecule has 2 aliphatic rings. The molecule has 5 rings (SSSR count). The molecule has 2 saturated heterocycles. The minimum atomic E-state index is -0.363. The second kappa shape index (κ2) is 11.6. The molecule has 0 spiro atoms. The van der Waals surface area contributed by atoms with Crippen molar-refractivity contribution in [1.29, 1.82) is 0 Å². The van der Waals surface area contributed by atoms with Crippen molar-refractivity contribution in [1.82, 2.24) is 9.88 Å². The number of piperazine rings is 1. The van der Waals surface area contributed by atoms with E-state index in [0.717, 1.165) is 63.3 Å². The molecule has 1 unspecified atom stereocenters. The van der Waals surface area contributed by atoms with Crippen molar-refractivity contribution in [2.24, 2.45) is 4.99 Å². The Morgan fingerprint density at radius 1 is 1.14 bits per heavy atom. The van der Waals surface area contributed by atoms with Gasteiger partial charge in [-0.15, -0.1) is 0 Å². The summed E-state index contributed by atoms with van der Waals surface area (Å²) in [5.74, 6) is 5.87. The number of aromatic nitrogens is 1. The third kappa shape index (κ3) is 6.20. The molecule has 37 heavy (non-hydrogen) atoms. The maximum Gasteiger partial charge on any atom is 0.258 e. The molecule has 192 valence electrons. The minimum absolute atomic E-state index is 0.186. The smallest absolute Gasteiger partial charge is 0.258 e. The van der Waals surface area contributed by atoms with Crippen LogP contribution in [-0.4, -0.2) is 73.9 Å². The third-order valence-corrected chi connectivity index (χ3v) is 6.81. The first kappa shape index (κ1) is 25.0. The molecular formula is C29H32N4O4. The maximum atomic E-state index is 12.4. The molecule has 2 fully saturated rings. The SMILES string of the molecule is CN1CCN(c2ccc(N=Cc3c(O)[nH]c(=O)c4ccc(C#CCOC5CCCCO5)cc34)cc2)CC1. The van der Waals surface area contributed by atoms with E-state index in [1.807, 2.05) is 12.1 Å². The van der Waals surface area contributed by atoms with E-state index >= 15 is 0 Å². The van der Waals surface area contributed by atoms with Gasteiger partial charge in [-0.1, -0.05) is 11.8 Å². The van der Waals surface area contributed by atoms with Crippen LogP contribution in [-0.2, 0) is 9.47 Å².